The zero-order valence-corrected chi connectivity index (χ0v) is 13.3. The molecule has 3 aromatic rings. The van der Waals surface area contributed by atoms with Gasteiger partial charge in [0.25, 0.3) is 0 Å². The Balaban J connectivity index is 1.62. The second-order valence-corrected chi connectivity index (χ2v) is 6.19. The fourth-order valence-corrected chi connectivity index (χ4v) is 3.39. The van der Waals surface area contributed by atoms with Crippen LogP contribution in [0, 0.1) is 0 Å². The van der Waals surface area contributed by atoms with Crippen molar-refractivity contribution in [2.24, 2.45) is 5.73 Å². The van der Waals surface area contributed by atoms with Crippen LogP contribution in [-0.4, -0.2) is 38.0 Å². The third-order valence-corrected chi connectivity index (χ3v) is 4.57. The summed E-state index contributed by atoms with van der Waals surface area (Å²) in [4.78, 5) is 18.2. The standard InChI is InChI=1S/C18H19N5O/c19-17(24)16-7-4-8-22(16)11-13-9-20-18-15(10-21-23(18)12-13)14-5-2-1-3-6-14/h1-3,5-6,9-10,12,16H,4,7-8,11H2,(H2,19,24)/t16-/m0/s1. The first-order valence-corrected chi connectivity index (χ1v) is 8.13. The minimum Gasteiger partial charge on any atom is -0.368 e. The van der Waals surface area contributed by atoms with E-state index in [1.807, 2.05) is 48.9 Å². The highest BCUT2D eigenvalue weighted by molar-refractivity contribution is 5.80. The number of hydrogen-bond donors (Lipinski definition) is 1. The molecule has 3 heterocycles. The minimum atomic E-state index is -0.244. The number of amides is 1. The van der Waals surface area contributed by atoms with Crippen molar-refractivity contribution in [1.82, 2.24) is 19.5 Å². The van der Waals surface area contributed by atoms with E-state index in [0.29, 0.717) is 6.54 Å². The molecule has 0 spiro atoms. The molecular weight excluding hydrogens is 302 g/mol. The van der Waals surface area contributed by atoms with Crippen LogP contribution < -0.4 is 5.73 Å². The van der Waals surface area contributed by atoms with Crippen LogP contribution in [0.15, 0.2) is 48.9 Å². The van der Waals surface area contributed by atoms with Crippen molar-refractivity contribution in [3.8, 4) is 11.1 Å². The van der Waals surface area contributed by atoms with Crippen LogP contribution in [0.2, 0.25) is 0 Å². The van der Waals surface area contributed by atoms with Gasteiger partial charge in [-0.05, 0) is 24.9 Å². The van der Waals surface area contributed by atoms with Gasteiger partial charge in [-0.25, -0.2) is 9.50 Å². The lowest BCUT2D eigenvalue weighted by molar-refractivity contribution is -0.122. The lowest BCUT2D eigenvalue weighted by Crippen LogP contribution is -2.39. The van der Waals surface area contributed by atoms with Crippen LogP contribution in [0.1, 0.15) is 18.4 Å². The summed E-state index contributed by atoms with van der Waals surface area (Å²) in [6.45, 7) is 1.55. The van der Waals surface area contributed by atoms with Crippen molar-refractivity contribution >= 4 is 11.6 Å². The maximum Gasteiger partial charge on any atom is 0.234 e. The highest BCUT2D eigenvalue weighted by Crippen LogP contribution is 2.24. The highest BCUT2D eigenvalue weighted by Gasteiger charge is 2.28. The Morgan fingerprint density at radius 1 is 1.25 bits per heavy atom. The molecule has 122 valence electrons. The molecule has 0 bridgehead atoms. The molecule has 1 aliphatic heterocycles. The number of fused-ring (bicyclic) bond motifs is 1. The molecule has 1 aromatic carbocycles. The summed E-state index contributed by atoms with van der Waals surface area (Å²) >= 11 is 0. The van der Waals surface area contributed by atoms with Gasteiger partial charge in [0, 0.05) is 30.1 Å². The Kier molecular flexibility index (Phi) is 3.74. The number of rotatable bonds is 4. The van der Waals surface area contributed by atoms with Gasteiger partial charge in [0.05, 0.1) is 12.2 Å². The lowest BCUT2D eigenvalue weighted by atomic mass is 10.1. The van der Waals surface area contributed by atoms with E-state index in [0.717, 1.165) is 41.7 Å². The first kappa shape index (κ1) is 14.8. The first-order chi connectivity index (χ1) is 11.7. The van der Waals surface area contributed by atoms with Crippen LogP contribution in [0.3, 0.4) is 0 Å². The number of nitrogens with zero attached hydrogens (tertiary/aromatic N) is 4. The molecule has 0 radical (unpaired) electrons. The molecule has 2 aromatic heterocycles. The van der Waals surface area contributed by atoms with E-state index in [-0.39, 0.29) is 11.9 Å². The monoisotopic (exact) mass is 321 g/mol. The molecule has 4 rings (SSSR count). The van der Waals surface area contributed by atoms with Crippen LogP contribution in [-0.2, 0) is 11.3 Å². The van der Waals surface area contributed by atoms with E-state index >= 15 is 0 Å². The van der Waals surface area contributed by atoms with Gasteiger partial charge < -0.3 is 5.73 Å². The van der Waals surface area contributed by atoms with E-state index in [4.69, 9.17) is 5.73 Å². The van der Waals surface area contributed by atoms with Crippen molar-refractivity contribution in [1.29, 1.82) is 0 Å². The summed E-state index contributed by atoms with van der Waals surface area (Å²) in [5.74, 6) is -0.244. The largest absolute Gasteiger partial charge is 0.368 e. The van der Waals surface area contributed by atoms with Crippen LogP contribution >= 0.6 is 0 Å². The normalized spacial score (nSPS) is 18.2. The Hall–Kier alpha value is -2.73. The maximum atomic E-state index is 11.5. The molecule has 0 saturated carbocycles. The number of hydrogen-bond acceptors (Lipinski definition) is 4. The average molecular weight is 321 g/mol. The molecule has 6 heteroatoms. The number of likely N-dealkylation sites (tertiary alicyclic amines) is 1. The van der Waals surface area contributed by atoms with Crippen LogP contribution in [0.25, 0.3) is 16.8 Å². The van der Waals surface area contributed by atoms with Gasteiger partial charge in [-0.2, -0.15) is 5.10 Å². The zero-order chi connectivity index (χ0) is 16.5. The smallest absolute Gasteiger partial charge is 0.234 e. The van der Waals surface area contributed by atoms with Gasteiger partial charge in [0.15, 0.2) is 5.65 Å². The first-order valence-electron chi connectivity index (χ1n) is 8.13. The zero-order valence-electron chi connectivity index (χ0n) is 13.3. The number of carbonyl (C=O) groups is 1. The Morgan fingerprint density at radius 2 is 2.08 bits per heavy atom. The van der Waals surface area contributed by atoms with Gasteiger partial charge in [-0.15, -0.1) is 0 Å². The number of primary amides is 1. The van der Waals surface area contributed by atoms with Gasteiger partial charge in [0.1, 0.15) is 0 Å². The predicted octanol–water partition coefficient (Wildman–Crippen LogP) is 1.85. The van der Waals surface area contributed by atoms with Crippen molar-refractivity contribution in [2.75, 3.05) is 6.54 Å². The van der Waals surface area contributed by atoms with Crippen LogP contribution in [0.5, 0.6) is 0 Å². The molecule has 6 nitrogen and oxygen atoms in total. The third kappa shape index (κ3) is 2.65. The number of nitrogens with two attached hydrogens (primary N) is 1. The average Bonchev–Trinajstić information content (AvgIpc) is 3.22. The minimum absolute atomic E-state index is 0.168. The molecule has 1 saturated heterocycles. The summed E-state index contributed by atoms with van der Waals surface area (Å²) in [5, 5.41) is 4.43. The van der Waals surface area contributed by atoms with Crippen molar-refractivity contribution in [2.45, 2.75) is 25.4 Å². The number of aromatic nitrogens is 3. The molecule has 1 amide bonds. The van der Waals surface area contributed by atoms with Crippen molar-refractivity contribution in [3.05, 3.63) is 54.5 Å². The second kappa shape index (κ2) is 6.05. The van der Waals surface area contributed by atoms with Gasteiger partial charge in [-0.1, -0.05) is 30.3 Å². The Morgan fingerprint density at radius 3 is 2.88 bits per heavy atom. The number of carbonyl (C=O) groups excluding carboxylic acids is 1. The quantitative estimate of drug-likeness (QED) is 0.795. The van der Waals surface area contributed by atoms with Gasteiger partial charge >= 0.3 is 0 Å². The molecule has 1 aliphatic rings. The highest BCUT2D eigenvalue weighted by atomic mass is 16.1. The van der Waals surface area contributed by atoms with E-state index in [1.54, 1.807) is 4.52 Å². The summed E-state index contributed by atoms with van der Waals surface area (Å²) in [6, 6.07) is 9.93. The summed E-state index contributed by atoms with van der Waals surface area (Å²) in [6.07, 6.45) is 7.52. The Labute approximate surface area is 139 Å². The summed E-state index contributed by atoms with van der Waals surface area (Å²) in [7, 11) is 0. The molecule has 1 fully saturated rings. The third-order valence-electron chi connectivity index (χ3n) is 4.57. The topological polar surface area (TPSA) is 76.5 Å². The molecule has 1 atom stereocenters. The molecule has 0 aliphatic carbocycles. The molecule has 2 N–H and O–H groups in total. The maximum absolute atomic E-state index is 11.5. The van der Waals surface area contributed by atoms with E-state index in [2.05, 4.69) is 15.0 Å². The van der Waals surface area contributed by atoms with Crippen molar-refractivity contribution in [3.63, 3.8) is 0 Å². The lowest BCUT2D eigenvalue weighted by Gasteiger charge is -2.21. The second-order valence-electron chi connectivity index (χ2n) is 6.19. The predicted molar refractivity (Wildman–Crippen MR) is 91.0 cm³/mol. The molecule has 24 heavy (non-hydrogen) atoms. The fourth-order valence-electron chi connectivity index (χ4n) is 3.39. The van der Waals surface area contributed by atoms with Gasteiger partial charge in [0.2, 0.25) is 5.91 Å². The van der Waals surface area contributed by atoms with Crippen molar-refractivity contribution < 1.29 is 4.79 Å². The summed E-state index contributed by atoms with van der Waals surface area (Å²) in [5.41, 5.74) is 9.45. The van der Waals surface area contributed by atoms with Crippen LogP contribution in [0.4, 0.5) is 0 Å². The fraction of sp³-hybridized carbons (Fsp3) is 0.278. The van der Waals surface area contributed by atoms with Gasteiger partial charge in [-0.3, -0.25) is 9.69 Å². The molecular formula is C18H19N5O. The number of benzene rings is 1. The van der Waals surface area contributed by atoms with E-state index < -0.39 is 0 Å². The Bertz CT molecular complexity index is 874. The SMILES string of the molecule is NC(=O)[C@@H]1CCCN1Cc1cnc2c(-c3ccccc3)cnn2c1. The van der Waals surface area contributed by atoms with E-state index in [1.165, 1.54) is 0 Å². The molecule has 0 unspecified atom stereocenters. The summed E-state index contributed by atoms with van der Waals surface area (Å²) < 4.78 is 1.80. The van der Waals surface area contributed by atoms with E-state index in [9.17, 15) is 4.79 Å².